The first kappa shape index (κ1) is 18.2. The van der Waals surface area contributed by atoms with Crippen LogP contribution in [0.2, 0.25) is 0 Å². The van der Waals surface area contributed by atoms with Gasteiger partial charge < -0.3 is 5.32 Å². The quantitative estimate of drug-likeness (QED) is 0.730. The SMILES string of the molecule is Cc1nn(CCCC(=O)NC2CCC(C)CC2)c(=O)c2cc3sccc3n12. The normalized spacial score (nSPS) is 20.4. The first-order chi connectivity index (χ1) is 13.0. The highest BCUT2D eigenvalue weighted by molar-refractivity contribution is 7.17. The van der Waals surface area contributed by atoms with Crippen LogP contribution in [0.3, 0.4) is 0 Å². The van der Waals surface area contributed by atoms with Gasteiger partial charge >= 0.3 is 0 Å². The second kappa shape index (κ2) is 7.46. The van der Waals surface area contributed by atoms with Crippen LogP contribution in [-0.4, -0.2) is 26.1 Å². The van der Waals surface area contributed by atoms with E-state index in [1.165, 1.54) is 17.5 Å². The molecule has 6 nitrogen and oxygen atoms in total. The van der Waals surface area contributed by atoms with E-state index in [9.17, 15) is 9.59 Å². The van der Waals surface area contributed by atoms with Crippen LogP contribution < -0.4 is 10.9 Å². The van der Waals surface area contributed by atoms with Crippen molar-refractivity contribution in [3.8, 4) is 0 Å². The maximum atomic E-state index is 12.8. The number of carbonyl (C=O) groups is 1. The predicted molar refractivity (Wildman–Crippen MR) is 108 cm³/mol. The van der Waals surface area contributed by atoms with E-state index in [0.717, 1.165) is 34.8 Å². The molecule has 1 fully saturated rings. The predicted octanol–water partition coefficient (Wildman–Crippen LogP) is 3.49. The molecule has 1 aliphatic carbocycles. The molecule has 0 bridgehead atoms. The van der Waals surface area contributed by atoms with Crippen molar-refractivity contribution in [1.29, 1.82) is 0 Å². The summed E-state index contributed by atoms with van der Waals surface area (Å²) in [6.45, 7) is 4.65. The maximum absolute atomic E-state index is 12.8. The largest absolute Gasteiger partial charge is 0.353 e. The van der Waals surface area contributed by atoms with Crippen LogP contribution in [0.5, 0.6) is 0 Å². The molecular weight excluding hydrogens is 360 g/mol. The molecule has 0 unspecified atom stereocenters. The van der Waals surface area contributed by atoms with Crippen molar-refractivity contribution in [3.63, 3.8) is 0 Å². The summed E-state index contributed by atoms with van der Waals surface area (Å²) in [5, 5.41) is 9.63. The number of rotatable bonds is 5. The van der Waals surface area contributed by atoms with Crippen LogP contribution in [-0.2, 0) is 11.3 Å². The third kappa shape index (κ3) is 3.65. The van der Waals surface area contributed by atoms with Gasteiger partial charge in [-0.05, 0) is 62.5 Å². The van der Waals surface area contributed by atoms with Gasteiger partial charge in [0.25, 0.3) is 5.56 Å². The Balaban J connectivity index is 1.39. The van der Waals surface area contributed by atoms with Crippen molar-refractivity contribution in [2.75, 3.05) is 0 Å². The monoisotopic (exact) mass is 386 g/mol. The third-order valence-corrected chi connectivity index (χ3v) is 6.47. The van der Waals surface area contributed by atoms with Crippen molar-refractivity contribution in [2.24, 2.45) is 5.92 Å². The summed E-state index contributed by atoms with van der Waals surface area (Å²) in [7, 11) is 0. The fourth-order valence-corrected chi connectivity index (χ4v) is 4.88. The van der Waals surface area contributed by atoms with E-state index in [4.69, 9.17) is 0 Å². The number of aryl methyl sites for hydroxylation is 2. The molecule has 0 radical (unpaired) electrons. The summed E-state index contributed by atoms with van der Waals surface area (Å²) in [5.74, 6) is 1.65. The number of nitrogens with one attached hydrogen (secondary N) is 1. The van der Waals surface area contributed by atoms with E-state index in [0.29, 0.717) is 30.9 Å². The highest BCUT2D eigenvalue weighted by Gasteiger charge is 2.19. The summed E-state index contributed by atoms with van der Waals surface area (Å²) < 4.78 is 4.52. The number of hydrogen-bond acceptors (Lipinski definition) is 4. The summed E-state index contributed by atoms with van der Waals surface area (Å²) in [6, 6.07) is 4.27. The second-order valence-corrected chi connectivity index (χ2v) is 8.69. The molecule has 144 valence electrons. The van der Waals surface area contributed by atoms with E-state index in [-0.39, 0.29) is 11.5 Å². The van der Waals surface area contributed by atoms with E-state index in [2.05, 4.69) is 17.3 Å². The lowest BCUT2D eigenvalue weighted by atomic mass is 9.87. The molecule has 7 heteroatoms. The Bertz CT molecular complexity index is 1020. The highest BCUT2D eigenvalue weighted by Crippen LogP contribution is 2.25. The Labute approximate surface area is 162 Å². The molecule has 4 rings (SSSR count). The average Bonchev–Trinajstić information content (AvgIpc) is 3.22. The van der Waals surface area contributed by atoms with Gasteiger partial charge in [-0.1, -0.05) is 6.92 Å². The number of thiophene rings is 1. The highest BCUT2D eigenvalue weighted by atomic mass is 32.1. The van der Waals surface area contributed by atoms with Crippen LogP contribution in [0.25, 0.3) is 15.7 Å². The minimum Gasteiger partial charge on any atom is -0.353 e. The zero-order valence-corrected chi connectivity index (χ0v) is 16.7. The first-order valence-electron chi connectivity index (χ1n) is 9.78. The van der Waals surface area contributed by atoms with Crippen LogP contribution >= 0.6 is 11.3 Å². The van der Waals surface area contributed by atoms with Gasteiger partial charge in [-0.3, -0.25) is 14.0 Å². The Kier molecular flexibility index (Phi) is 5.04. The molecular formula is C20H26N4O2S. The maximum Gasteiger partial charge on any atom is 0.291 e. The van der Waals surface area contributed by atoms with Gasteiger partial charge in [0.2, 0.25) is 5.91 Å². The zero-order valence-electron chi connectivity index (χ0n) is 15.9. The summed E-state index contributed by atoms with van der Waals surface area (Å²) in [5.41, 5.74) is 1.60. The second-order valence-electron chi connectivity index (χ2n) is 7.74. The summed E-state index contributed by atoms with van der Waals surface area (Å²) >= 11 is 1.62. The molecule has 0 aliphatic heterocycles. The molecule has 1 N–H and O–H groups in total. The fourth-order valence-electron chi connectivity index (χ4n) is 4.07. The number of nitrogens with zero attached hydrogens (tertiary/aromatic N) is 3. The molecule has 0 spiro atoms. The lowest BCUT2D eigenvalue weighted by Crippen LogP contribution is -2.37. The van der Waals surface area contributed by atoms with E-state index in [1.54, 1.807) is 11.3 Å². The van der Waals surface area contributed by atoms with E-state index in [1.807, 2.05) is 28.8 Å². The van der Waals surface area contributed by atoms with E-state index >= 15 is 0 Å². The number of fused-ring (bicyclic) bond motifs is 3. The number of hydrogen-bond donors (Lipinski definition) is 1. The zero-order chi connectivity index (χ0) is 19.0. The molecule has 0 atom stereocenters. The third-order valence-electron chi connectivity index (χ3n) is 5.62. The van der Waals surface area contributed by atoms with Crippen LogP contribution in [0, 0.1) is 12.8 Å². The van der Waals surface area contributed by atoms with E-state index < -0.39 is 0 Å². The van der Waals surface area contributed by atoms with Gasteiger partial charge in [0.05, 0.1) is 10.2 Å². The minimum absolute atomic E-state index is 0.0867. The average molecular weight is 387 g/mol. The van der Waals surface area contributed by atoms with Crippen molar-refractivity contribution in [2.45, 2.75) is 65.0 Å². The van der Waals surface area contributed by atoms with Crippen molar-refractivity contribution < 1.29 is 4.79 Å². The Morgan fingerprint density at radius 1 is 1.30 bits per heavy atom. The molecule has 1 saturated carbocycles. The smallest absolute Gasteiger partial charge is 0.291 e. The summed E-state index contributed by atoms with van der Waals surface area (Å²) in [6.07, 6.45) is 5.59. The first-order valence-corrected chi connectivity index (χ1v) is 10.7. The lowest BCUT2D eigenvalue weighted by Gasteiger charge is -2.26. The van der Waals surface area contributed by atoms with Crippen LogP contribution in [0.4, 0.5) is 0 Å². The molecule has 27 heavy (non-hydrogen) atoms. The van der Waals surface area contributed by atoms with Gasteiger partial charge in [-0.2, -0.15) is 5.10 Å². The fraction of sp³-hybridized carbons (Fsp3) is 0.550. The standard InChI is InChI=1S/C20H26N4O2S/c1-13-5-7-15(8-6-13)21-19(25)4-3-10-23-20(26)17-12-18-16(9-11-27-18)24(17)14(2)22-23/h9,11-13,15H,3-8,10H2,1-2H3,(H,21,25). The van der Waals surface area contributed by atoms with Crippen molar-refractivity contribution in [3.05, 3.63) is 33.7 Å². The Morgan fingerprint density at radius 2 is 2.07 bits per heavy atom. The molecule has 0 saturated heterocycles. The number of aromatic nitrogens is 3. The Hall–Kier alpha value is -2.15. The Morgan fingerprint density at radius 3 is 2.85 bits per heavy atom. The van der Waals surface area contributed by atoms with Gasteiger partial charge in [-0.15, -0.1) is 11.3 Å². The molecule has 3 heterocycles. The van der Waals surface area contributed by atoms with Crippen molar-refractivity contribution >= 4 is 33.0 Å². The van der Waals surface area contributed by atoms with Gasteiger partial charge in [0, 0.05) is 19.0 Å². The van der Waals surface area contributed by atoms with Crippen LogP contribution in [0.1, 0.15) is 51.3 Å². The molecule has 0 aromatic carbocycles. The lowest BCUT2D eigenvalue weighted by molar-refractivity contribution is -0.122. The molecule has 3 aromatic rings. The van der Waals surface area contributed by atoms with Crippen LogP contribution in [0.15, 0.2) is 22.3 Å². The number of carbonyl (C=O) groups excluding carboxylic acids is 1. The topological polar surface area (TPSA) is 68.4 Å². The summed E-state index contributed by atoms with van der Waals surface area (Å²) in [4.78, 5) is 25.0. The van der Waals surface area contributed by atoms with Gasteiger partial charge in [0.15, 0.2) is 0 Å². The number of amides is 1. The van der Waals surface area contributed by atoms with Crippen molar-refractivity contribution in [1.82, 2.24) is 19.5 Å². The minimum atomic E-state index is -0.0920. The molecule has 1 amide bonds. The molecule has 1 aliphatic rings. The van der Waals surface area contributed by atoms with Gasteiger partial charge in [-0.25, -0.2) is 4.68 Å². The molecule has 3 aromatic heterocycles. The van der Waals surface area contributed by atoms with Gasteiger partial charge in [0.1, 0.15) is 11.3 Å².